The molecular weight excluding hydrogens is 424 g/mol. The van der Waals surface area contributed by atoms with E-state index in [4.69, 9.17) is 28.0 Å². The first kappa shape index (κ1) is 28.6. The van der Waals surface area contributed by atoms with Gasteiger partial charge in [-0.15, -0.1) is 0 Å². The van der Waals surface area contributed by atoms with Crippen LogP contribution in [0.15, 0.2) is 4.99 Å². The third-order valence-electron chi connectivity index (χ3n) is 4.28. The Labute approximate surface area is 185 Å². The van der Waals surface area contributed by atoms with E-state index in [-0.39, 0.29) is 37.7 Å². The van der Waals surface area contributed by atoms with Crippen molar-refractivity contribution in [3.63, 3.8) is 0 Å². The number of primary amides is 1. The molecule has 32 heavy (non-hydrogen) atoms. The van der Waals surface area contributed by atoms with Crippen LogP contribution >= 0.6 is 0 Å². The van der Waals surface area contributed by atoms with Crippen LogP contribution in [0, 0.1) is 5.92 Å². The summed E-state index contributed by atoms with van der Waals surface area (Å²) < 4.78 is 0. The van der Waals surface area contributed by atoms with Crippen LogP contribution in [0.5, 0.6) is 0 Å². The highest BCUT2D eigenvalue weighted by Gasteiger charge is 2.30. The molecule has 3 atom stereocenters. The molecule has 0 aliphatic rings. The van der Waals surface area contributed by atoms with Gasteiger partial charge in [-0.2, -0.15) is 0 Å². The summed E-state index contributed by atoms with van der Waals surface area (Å²) >= 11 is 0. The van der Waals surface area contributed by atoms with Crippen molar-refractivity contribution in [2.75, 3.05) is 13.1 Å². The van der Waals surface area contributed by atoms with E-state index in [0.717, 1.165) is 0 Å². The number of carboxylic acid groups (broad SMARTS) is 1. The summed E-state index contributed by atoms with van der Waals surface area (Å²) in [5.74, 6) is -4.38. The van der Waals surface area contributed by atoms with Gasteiger partial charge in [0.15, 0.2) is 5.96 Å². The first-order valence-electron chi connectivity index (χ1n) is 10.0. The smallest absolute Gasteiger partial charge is 0.322 e. The molecule has 14 nitrogen and oxygen atoms in total. The van der Waals surface area contributed by atoms with Gasteiger partial charge in [-0.05, 0) is 25.2 Å². The maximum Gasteiger partial charge on any atom is 0.322 e. The Morgan fingerprint density at radius 3 is 2.06 bits per heavy atom. The molecule has 0 fully saturated rings. The second-order valence-corrected chi connectivity index (χ2v) is 7.46. The van der Waals surface area contributed by atoms with Crippen LogP contribution in [-0.2, 0) is 24.0 Å². The number of carboxylic acids is 1. The Hall–Kier alpha value is -3.42. The van der Waals surface area contributed by atoms with Crippen molar-refractivity contribution in [1.29, 1.82) is 0 Å². The van der Waals surface area contributed by atoms with Gasteiger partial charge in [0.25, 0.3) is 0 Å². The Balaban J connectivity index is 5.22. The summed E-state index contributed by atoms with van der Waals surface area (Å²) in [4.78, 5) is 62.8. The van der Waals surface area contributed by atoms with Crippen LogP contribution in [0.2, 0.25) is 0 Å². The normalized spacial score (nSPS) is 13.4. The average molecular weight is 459 g/mol. The first-order valence-corrected chi connectivity index (χ1v) is 10.0. The van der Waals surface area contributed by atoms with Crippen molar-refractivity contribution in [2.24, 2.45) is 33.8 Å². The van der Waals surface area contributed by atoms with E-state index in [0.29, 0.717) is 6.42 Å². The van der Waals surface area contributed by atoms with Gasteiger partial charge < -0.3 is 44.0 Å². The molecule has 12 N–H and O–H groups in total. The Kier molecular flexibility index (Phi) is 13.0. The predicted molar refractivity (Wildman–Crippen MR) is 116 cm³/mol. The van der Waals surface area contributed by atoms with Crippen LogP contribution in [0.3, 0.4) is 0 Å². The zero-order chi connectivity index (χ0) is 24.8. The molecule has 0 rings (SSSR count). The van der Waals surface area contributed by atoms with Crippen LogP contribution in [0.25, 0.3) is 0 Å². The molecule has 0 aromatic carbocycles. The molecule has 0 bridgehead atoms. The van der Waals surface area contributed by atoms with E-state index < -0.39 is 54.3 Å². The zero-order valence-electron chi connectivity index (χ0n) is 18.3. The topological polar surface area (TPSA) is 258 Å². The van der Waals surface area contributed by atoms with Crippen LogP contribution in [-0.4, -0.2) is 71.9 Å². The number of amides is 4. The summed E-state index contributed by atoms with van der Waals surface area (Å²) in [6, 6.07) is -3.17. The molecule has 0 saturated heterocycles. The quantitative estimate of drug-likeness (QED) is 0.0685. The molecule has 0 aromatic rings. The minimum Gasteiger partial charge on any atom is -0.480 e. The van der Waals surface area contributed by atoms with Crippen LogP contribution < -0.4 is 38.9 Å². The van der Waals surface area contributed by atoms with Gasteiger partial charge in [0, 0.05) is 13.0 Å². The molecule has 3 unspecified atom stereocenters. The molecular formula is C18H34N8O6. The summed E-state index contributed by atoms with van der Waals surface area (Å²) in [6.45, 7) is 2.92. The minimum atomic E-state index is -1.25. The molecule has 0 heterocycles. The van der Waals surface area contributed by atoms with E-state index in [1.807, 2.05) is 0 Å². The molecule has 14 heteroatoms. The number of aliphatic carboxylic acids is 1. The SMILES string of the molecule is CC(C)C(NC(=O)C(N)CCC(N)=O)C(=O)NC(CCCN=C(N)N)C(=O)NCC(=O)O. The Morgan fingerprint density at radius 1 is 0.938 bits per heavy atom. The molecule has 0 radical (unpaired) electrons. The molecule has 0 aliphatic carbocycles. The highest BCUT2D eigenvalue weighted by molar-refractivity contribution is 5.93. The fourth-order valence-electron chi connectivity index (χ4n) is 2.54. The lowest BCUT2D eigenvalue weighted by Crippen LogP contribution is -2.57. The van der Waals surface area contributed by atoms with Crippen molar-refractivity contribution in [2.45, 2.75) is 57.7 Å². The number of nitrogens with zero attached hydrogens (tertiary/aromatic N) is 1. The van der Waals surface area contributed by atoms with E-state index in [9.17, 15) is 24.0 Å². The van der Waals surface area contributed by atoms with Gasteiger partial charge in [-0.1, -0.05) is 13.8 Å². The summed E-state index contributed by atoms with van der Waals surface area (Å²) in [5.41, 5.74) is 21.3. The van der Waals surface area contributed by atoms with Crippen molar-refractivity contribution < 1.29 is 29.1 Å². The van der Waals surface area contributed by atoms with Gasteiger partial charge in [0.1, 0.15) is 18.6 Å². The second kappa shape index (κ2) is 14.6. The van der Waals surface area contributed by atoms with Crippen molar-refractivity contribution in [3.05, 3.63) is 0 Å². The molecule has 182 valence electrons. The maximum atomic E-state index is 12.8. The number of nitrogens with one attached hydrogen (secondary N) is 3. The third-order valence-corrected chi connectivity index (χ3v) is 4.28. The van der Waals surface area contributed by atoms with E-state index in [2.05, 4.69) is 20.9 Å². The Bertz CT molecular complexity index is 708. The lowest BCUT2D eigenvalue weighted by molar-refractivity contribution is -0.138. The van der Waals surface area contributed by atoms with Crippen molar-refractivity contribution >= 4 is 35.6 Å². The molecule has 0 spiro atoms. The van der Waals surface area contributed by atoms with Crippen LogP contribution in [0.4, 0.5) is 0 Å². The number of aliphatic imine (C=N–C) groups is 1. The lowest BCUT2D eigenvalue weighted by Gasteiger charge is -2.26. The number of hydrogen-bond donors (Lipinski definition) is 8. The number of rotatable bonds is 15. The maximum absolute atomic E-state index is 12.8. The van der Waals surface area contributed by atoms with Gasteiger partial charge >= 0.3 is 5.97 Å². The Morgan fingerprint density at radius 2 is 1.56 bits per heavy atom. The fraction of sp³-hybridized carbons (Fsp3) is 0.667. The zero-order valence-corrected chi connectivity index (χ0v) is 18.3. The highest BCUT2D eigenvalue weighted by atomic mass is 16.4. The monoisotopic (exact) mass is 458 g/mol. The van der Waals surface area contributed by atoms with Gasteiger partial charge in [0.05, 0.1) is 6.04 Å². The number of carbonyl (C=O) groups is 5. The molecule has 0 saturated carbocycles. The number of nitrogens with two attached hydrogens (primary N) is 4. The van der Waals surface area contributed by atoms with Gasteiger partial charge in [-0.3, -0.25) is 29.0 Å². The molecule has 0 aliphatic heterocycles. The van der Waals surface area contributed by atoms with Gasteiger partial charge in [-0.25, -0.2) is 0 Å². The second-order valence-electron chi connectivity index (χ2n) is 7.46. The minimum absolute atomic E-state index is 0.0125. The molecule has 0 aromatic heterocycles. The predicted octanol–water partition coefficient (Wildman–Crippen LogP) is -3.54. The first-order chi connectivity index (χ1) is 14.8. The standard InChI is InChI=1S/C18H34N8O6/c1-9(2)14(26-15(30)10(19)5-6-12(20)27)17(32)25-11(4-3-7-23-18(21)22)16(31)24-8-13(28)29/h9-11,14H,3-8,19H2,1-2H3,(H2,20,27)(H,24,31)(H,25,32)(H,26,30)(H,28,29)(H4,21,22,23). The largest absolute Gasteiger partial charge is 0.480 e. The highest BCUT2D eigenvalue weighted by Crippen LogP contribution is 2.06. The van der Waals surface area contributed by atoms with E-state index >= 15 is 0 Å². The van der Waals surface area contributed by atoms with Crippen molar-refractivity contribution in [1.82, 2.24) is 16.0 Å². The number of guanidine groups is 1. The fourth-order valence-corrected chi connectivity index (χ4v) is 2.54. The summed E-state index contributed by atoms with van der Waals surface area (Å²) in [5, 5.41) is 16.0. The van der Waals surface area contributed by atoms with Gasteiger partial charge in [0.2, 0.25) is 23.6 Å². The van der Waals surface area contributed by atoms with E-state index in [1.54, 1.807) is 13.8 Å². The molecule has 4 amide bonds. The average Bonchev–Trinajstić information content (AvgIpc) is 2.69. The summed E-state index contributed by atoms with van der Waals surface area (Å²) in [6.07, 6.45) is 0.359. The number of hydrogen-bond acceptors (Lipinski definition) is 7. The van der Waals surface area contributed by atoms with E-state index in [1.165, 1.54) is 0 Å². The third kappa shape index (κ3) is 12.3. The number of carbonyl (C=O) groups excluding carboxylic acids is 4. The lowest BCUT2D eigenvalue weighted by atomic mass is 10.0. The summed E-state index contributed by atoms with van der Waals surface area (Å²) in [7, 11) is 0. The van der Waals surface area contributed by atoms with Crippen LogP contribution in [0.1, 0.15) is 39.5 Å². The van der Waals surface area contributed by atoms with Crippen molar-refractivity contribution in [3.8, 4) is 0 Å².